The molecule has 1 aliphatic rings. The zero-order chi connectivity index (χ0) is 31.1. The molecule has 1 fully saturated rings. The van der Waals surface area contributed by atoms with Gasteiger partial charge in [0, 0.05) is 34.6 Å². The molecular weight excluding hydrogens is 652 g/mol. The minimum atomic E-state index is -3.96. The number of hydrogen-bond donors (Lipinski definition) is 1. The maximum absolute atomic E-state index is 14.3. The van der Waals surface area contributed by atoms with Crippen LogP contribution in [0.5, 0.6) is 0 Å². The molecule has 1 N–H and O–H groups in total. The van der Waals surface area contributed by atoms with Crippen molar-refractivity contribution in [3.8, 4) is 0 Å². The van der Waals surface area contributed by atoms with Crippen LogP contribution < -0.4 is 9.62 Å². The monoisotopic (exact) mass is 683 g/mol. The van der Waals surface area contributed by atoms with E-state index >= 15 is 0 Å². The quantitative estimate of drug-likeness (QED) is 0.232. The van der Waals surface area contributed by atoms with Crippen LogP contribution in [-0.2, 0) is 32.6 Å². The van der Waals surface area contributed by atoms with Crippen LogP contribution in [0.1, 0.15) is 43.2 Å². The highest BCUT2D eigenvalue weighted by Gasteiger charge is 2.35. The standard InChI is InChI=1S/C31H33Cl4N3O4S/c1-43(41,42)38(23-15-16-27(34)28(35)18-23)20-30(39)37(19-24-25(32)13-8-14-26(24)33)29(17-21-9-4-2-5-10-21)31(40)36-22-11-6-3-7-12-22/h2,4-5,8-10,13-16,18,22,29H,3,6-7,11-12,17,19-20H2,1H3,(H,36,40). The lowest BCUT2D eigenvalue weighted by Crippen LogP contribution is -2.55. The third-order valence-electron chi connectivity index (χ3n) is 7.48. The summed E-state index contributed by atoms with van der Waals surface area (Å²) >= 11 is 25.3. The second-order valence-corrected chi connectivity index (χ2v) is 14.2. The Morgan fingerprint density at radius 3 is 2.12 bits per heavy atom. The van der Waals surface area contributed by atoms with E-state index in [-0.39, 0.29) is 40.6 Å². The highest BCUT2D eigenvalue weighted by molar-refractivity contribution is 7.92. The molecule has 3 aromatic carbocycles. The number of hydrogen-bond acceptors (Lipinski definition) is 4. The molecule has 230 valence electrons. The van der Waals surface area contributed by atoms with Crippen LogP contribution >= 0.6 is 46.4 Å². The van der Waals surface area contributed by atoms with Crippen molar-refractivity contribution in [3.05, 3.63) is 97.9 Å². The minimum absolute atomic E-state index is 0.0101. The van der Waals surface area contributed by atoms with Crippen molar-refractivity contribution < 1.29 is 18.0 Å². The van der Waals surface area contributed by atoms with E-state index in [0.29, 0.717) is 15.6 Å². The number of carbonyl (C=O) groups is 2. The number of anilines is 1. The van der Waals surface area contributed by atoms with Gasteiger partial charge < -0.3 is 10.2 Å². The molecule has 0 radical (unpaired) electrons. The van der Waals surface area contributed by atoms with E-state index in [0.717, 1.165) is 48.2 Å². The Morgan fingerprint density at radius 1 is 0.860 bits per heavy atom. The molecule has 1 aliphatic carbocycles. The highest BCUT2D eigenvalue weighted by atomic mass is 35.5. The van der Waals surface area contributed by atoms with Crippen molar-refractivity contribution in [1.82, 2.24) is 10.2 Å². The maximum Gasteiger partial charge on any atom is 0.244 e. The fourth-order valence-electron chi connectivity index (χ4n) is 5.21. The summed E-state index contributed by atoms with van der Waals surface area (Å²) in [7, 11) is -3.96. The summed E-state index contributed by atoms with van der Waals surface area (Å²) in [6, 6.07) is 17.6. The number of amides is 2. The number of nitrogens with zero attached hydrogens (tertiary/aromatic N) is 2. The van der Waals surface area contributed by atoms with Gasteiger partial charge in [-0.05, 0) is 48.7 Å². The van der Waals surface area contributed by atoms with Gasteiger partial charge >= 0.3 is 0 Å². The number of halogens is 4. The normalized spacial score (nSPS) is 14.6. The molecule has 1 unspecified atom stereocenters. The second kappa shape index (κ2) is 15.0. The van der Waals surface area contributed by atoms with Gasteiger partial charge in [0.1, 0.15) is 12.6 Å². The van der Waals surface area contributed by atoms with E-state index in [1.54, 1.807) is 18.2 Å². The van der Waals surface area contributed by atoms with Gasteiger partial charge in [-0.15, -0.1) is 0 Å². The Kier molecular flexibility index (Phi) is 11.6. The molecule has 4 rings (SSSR count). The maximum atomic E-state index is 14.3. The predicted octanol–water partition coefficient (Wildman–Crippen LogP) is 7.16. The molecular formula is C31H33Cl4N3O4S. The molecule has 0 spiro atoms. The van der Waals surface area contributed by atoms with Gasteiger partial charge in [-0.25, -0.2) is 8.42 Å². The van der Waals surface area contributed by atoms with Crippen LogP contribution in [0.3, 0.4) is 0 Å². The van der Waals surface area contributed by atoms with Crippen LogP contribution in [0.4, 0.5) is 5.69 Å². The average Bonchev–Trinajstić information content (AvgIpc) is 2.97. The minimum Gasteiger partial charge on any atom is -0.352 e. The fraction of sp³-hybridized carbons (Fsp3) is 0.355. The first-order chi connectivity index (χ1) is 20.4. The van der Waals surface area contributed by atoms with E-state index in [9.17, 15) is 18.0 Å². The zero-order valence-electron chi connectivity index (χ0n) is 23.6. The van der Waals surface area contributed by atoms with Crippen LogP contribution in [0.25, 0.3) is 0 Å². The Balaban J connectivity index is 1.76. The van der Waals surface area contributed by atoms with Crippen molar-refractivity contribution in [2.45, 2.75) is 57.2 Å². The number of benzene rings is 3. The Hall–Kier alpha value is -2.49. The van der Waals surface area contributed by atoms with Gasteiger partial charge in [0.25, 0.3) is 0 Å². The molecule has 3 aromatic rings. The van der Waals surface area contributed by atoms with Crippen molar-refractivity contribution in [3.63, 3.8) is 0 Å². The first-order valence-corrected chi connectivity index (χ1v) is 17.3. The number of nitrogens with one attached hydrogen (secondary N) is 1. The summed E-state index contributed by atoms with van der Waals surface area (Å²) in [5.74, 6) is -0.945. The molecule has 0 aromatic heterocycles. The predicted molar refractivity (Wildman–Crippen MR) is 175 cm³/mol. The van der Waals surface area contributed by atoms with Gasteiger partial charge in [-0.3, -0.25) is 13.9 Å². The van der Waals surface area contributed by atoms with Crippen LogP contribution in [-0.4, -0.2) is 50.0 Å². The molecule has 43 heavy (non-hydrogen) atoms. The molecule has 7 nitrogen and oxygen atoms in total. The summed E-state index contributed by atoms with van der Waals surface area (Å²) < 4.78 is 26.9. The lowest BCUT2D eigenvalue weighted by atomic mass is 9.94. The SMILES string of the molecule is CS(=O)(=O)N(CC(=O)N(Cc1c(Cl)cccc1Cl)C(Cc1ccccc1)C(=O)NC1CCCCC1)c1ccc(Cl)c(Cl)c1. The molecule has 2 amide bonds. The number of sulfonamides is 1. The molecule has 1 saturated carbocycles. The Labute approximate surface area is 273 Å². The number of rotatable bonds is 11. The zero-order valence-corrected chi connectivity index (χ0v) is 27.5. The lowest BCUT2D eigenvalue weighted by Gasteiger charge is -2.35. The van der Waals surface area contributed by atoms with Crippen molar-refractivity contribution in [1.29, 1.82) is 0 Å². The topological polar surface area (TPSA) is 86.8 Å². The first kappa shape index (κ1) is 33.4. The number of carbonyl (C=O) groups excluding carboxylic acids is 2. The summed E-state index contributed by atoms with van der Waals surface area (Å²) in [6.07, 6.45) is 6.04. The molecule has 0 bridgehead atoms. The molecule has 0 heterocycles. The first-order valence-electron chi connectivity index (χ1n) is 13.9. The van der Waals surface area contributed by atoms with Gasteiger partial charge in [0.05, 0.1) is 22.0 Å². The third kappa shape index (κ3) is 9.02. The smallest absolute Gasteiger partial charge is 0.244 e. The molecule has 1 atom stereocenters. The molecule has 0 saturated heterocycles. The van der Waals surface area contributed by atoms with Crippen LogP contribution in [0.2, 0.25) is 20.1 Å². The van der Waals surface area contributed by atoms with Crippen LogP contribution in [0, 0.1) is 0 Å². The Morgan fingerprint density at radius 2 is 1.51 bits per heavy atom. The van der Waals surface area contributed by atoms with Crippen molar-refractivity contribution in [2.24, 2.45) is 0 Å². The lowest BCUT2D eigenvalue weighted by molar-refractivity contribution is -0.140. The summed E-state index contributed by atoms with van der Waals surface area (Å²) in [5.41, 5.74) is 1.44. The van der Waals surface area contributed by atoms with Gasteiger partial charge in [0.15, 0.2) is 0 Å². The van der Waals surface area contributed by atoms with Crippen molar-refractivity contribution in [2.75, 3.05) is 17.1 Å². The highest BCUT2D eigenvalue weighted by Crippen LogP contribution is 2.30. The van der Waals surface area contributed by atoms with Crippen molar-refractivity contribution >= 4 is 73.9 Å². The van der Waals surface area contributed by atoms with E-state index in [1.165, 1.54) is 23.1 Å². The Bertz CT molecular complexity index is 1530. The summed E-state index contributed by atoms with van der Waals surface area (Å²) in [4.78, 5) is 29.7. The van der Waals surface area contributed by atoms with E-state index in [2.05, 4.69) is 5.32 Å². The van der Waals surface area contributed by atoms with E-state index < -0.39 is 28.5 Å². The summed E-state index contributed by atoms with van der Waals surface area (Å²) in [5, 5.41) is 4.17. The van der Waals surface area contributed by atoms with Gasteiger partial charge in [-0.1, -0.05) is 102 Å². The van der Waals surface area contributed by atoms with Gasteiger partial charge in [0.2, 0.25) is 21.8 Å². The third-order valence-corrected chi connectivity index (χ3v) is 10.1. The fourth-order valence-corrected chi connectivity index (χ4v) is 6.86. The van der Waals surface area contributed by atoms with Crippen LogP contribution in [0.15, 0.2) is 66.7 Å². The second-order valence-electron chi connectivity index (χ2n) is 10.6. The van der Waals surface area contributed by atoms with E-state index in [4.69, 9.17) is 46.4 Å². The summed E-state index contributed by atoms with van der Waals surface area (Å²) in [6.45, 7) is -0.716. The largest absolute Gasteiger partial charge is 0.352 e. The van der Waals surface area contributed by atoms with Gasteiger partial charge in [-0.2, -0.15) is 0 Å². The van der Waals surface area contributed by atoms with E-state index in [1.807, 2.05) is 30.3 Å². The average molecular weight is 686 g/mol. The molecule has 0 aliphatic heterocycles. The molecule has 12 heteroatoms.